The lowest BCUT2D eigenvalue weighted by Crippen LogP contribution is -2.15. The van der Waals surface area contributed by atoms with Crippen LogP contribution >= 0.6 is 0 Å². The summed E-state index contributed by atoms with van der Waals surface area (Å²) in [7, 11) is 0. The highest BCUT2D eigenvalue weighted by molar-refractivity contribution is 5.16. The highest BCUT2D eigenvalue weighted by Gasteiger charge is 2.20. The van der Waals surface area contributed by atoms with Crippen LogP contribution in [-0.2, 0) is 6.42 Å². The zero-order chi connectivity index (χ0) is 14.2. The van der Waals surface area contributed by atoms with Gasteiger partial charge in [0.2, 0.25) is 0 Å². The van der Waals surface area contributed by atoms with Gasteiger partial charge in [-0.3, -0.25) is 0 Å². The number of hydrogen-bond donors (Lipinski definition) is 0. The van der Waals surface area contributed by atoms with Gasteiger partial charge < -0.3 is 0 Å². The summed E-state index contributed by atoms with van der Waals surface area (Å²) < 4.78 is 12.9. The van der Waals surface area contributed by atoms with Crippen LogP contribution in [0.3, 0.4) is 0 Å². The molecule has 0 nitrogen and oxygen atoms in total. The number of unbranched alkanes of at least 4 members (excludes halogenated alkanes) is 2. The molecule has 0 amide bonds. The number of benzene rings is 1. The van der Waals surface area contributed by atoms with Crippen LogP contribution in [0.1, 0.15) is 70.3 Å². The van der Waals surface area contributed by atoms with Gasteiger partial charge in [0.1, 0.15) is 5.82 Å². The summed E-state index contributed by atoms with van der Waals surface area (Å²) in [5, 5.41) is 0. The van der Waals surface area contributed by atoms with Gasteiger partial charge in [0.25, 0.3) is 0 Å². The molecule has 0 radical (unpaired) electrons. The maximum absolute atomic E-state index is 12.9. The number of aryl methyl sites for hydroxylation is 1. The Kier molecular flexibility index (Phi) is 6.56. The summed E-state index contributed by atoms with van der Waals surface area (Å²) >= 11 is 0. The van der Waals surface area contributed by atoms with Crippen molar-refractivity contribution < 1.29 is 4.39 Å². The molecule has 1 aliphatic carbocycles. The molecule has 0 unspecified atom stereocenters. The van der Waals surface area contributed by atoms with Crippen LogP contribution in [0.2, 0.25) is 0 Å². The molecule has 0 atom stereocenters. The van der Waals surface area contributed by atoms with Gasteiger partial charge in [0, 0.05) is 0 Å². The van der Waals surface area contributed by atoms with Crippen LogP contribution in [0.15, 0.2) is 24.3 Å². The molecule has 0 aliphatic heterocycles. The van der Waals surface area contributed by atoms with Crippen LogP contribution < -0.4 is 0 Å². The van der Waals surface area contributed by atoms with E-state index in [4.69, 9.17) is 0 Å². The monoisotopic (exact) mass is 276 g/mol. The molecule has 0 saturated heterocycles. The first-order valence-corrected chi connectivity index (χ1v) is 8.52. The summed E-state index contributed by atoms with van der Waals surface area (Å²) in [6, 6.07) is 7.04. The topological polar surface area (TPSA) is 0 Å². The molecule has 1 aromatic rings. The zero-order valence-electron chi connectivity index (χ0n) is 12.9. The second-order valence-corrected chi connectivity index (χ2v) is 6.55. The van der Waals surface area contributed by atoms with Crippen LogP contribution in [0, 0.1) is 17.7 Å². The van der Waals surface area contributed by atoms with Crippen LogP contribution in [-0.4, -0.2) is 0 Å². The predicted octanol–water partition coefficient (Wildman–Crippen LogP) is 6.15. The Morgan fingerprint density at radius 2 is 1.50 bits per heavy atom. The van der Waals surface area contributed by atoms with Gasteiger partial charge in [0.05, 0.1) is 0 Å². The first-order chi connectivity index (χ1) is 9.78. The van der Waals surface area contributed by atoms with E-state index in [9.17, 15) is 4.39 Å². The molecule has 0 N–H and O–H groups in total. The minimum Gasteiger partial charge on any atom is -0.207 e. The smallest absolute Gasteiger partial charge is 0.123 e. The van der Waals surface area contributed by atoms with Gasteiger partial charge in [0.15, 0.2) is 0 Å². The van der Waals surface area contributed by atoms with Gasteiger partial charge in [-0.05, 0) is 42.4 Å². The first kappa shape index (κ1) is 15.5. The van der Waals surface area contributed by atoms with E-state index in [1.807, 2.05) is 12.1 Å². The van der Waals surface area contributed by atoms with Gasteiger partial charge in [-0.15, -0.1) is 0 Å². The van der Waals surface area contributed by atoms with E-state index in [0.29, 0.717) is 0 Å². The third-order valence-electron chi connectivity index (χ3n) is 4.94. The lowest BCUT2D eigenvalue weighted by atomic mass is 9.78. The summed E-state index contributed by atoms with van der Waals surface area (Å²) in [6.07, 6.45) is 13.8. The van der Waals surface area contributed by atoms with E-state index in [1.54, 1.807) is 12.1 Å². The molecule has 2 rings (SSSR count). The van der Waals surface area contributed by atoms with Crippen LogP contribution in [0.5, 0.6) is 0 Å². The summed E-state index contributed by atoms with van der Waals surface area (Å²) in [5.41, 5.74) is 1.29. The van der Waals surface area contributed by atoms with E-state index >= 15 is 0 Å². The Morgan fingerprint density at radius 1 is 0.900 bits per heavy atom. The molecule has 0 spiro atoms. The van der Waals surface area contributed by atoms with Gasteiger partial charge in [-0.25, -0.2) is 4.39 Å². The van der Waals surface area contributed by atoms with Crippen molar-refractivity contribution >= 4 is 0 Å². The normalized spacial score (nSPS) is 22.9. The molecule has 1 saturated carbocycles. The average Bonchev–Trinajstić information content (AvgIpc) is 2.48. The highest BCUT2D eigenvalue weighted by atomic mass is 19.1. The van der Waals surface area contributed by atoms with Gasteiger partial charge in [-0.2, -0.15) is 0 Å². The maximum Gasteiger partial charge on any atom is 0.123 e. The Morgan fingerprint density at radius 3 is 2.10 bits per heavy atom. The van der Waals surface area contributed by atoms with E-state index < -0.39 is 0 Å². The third-order valence-corrected chi connectivity index (χ3v) is 4.94. The molecule has 0 bridgehead atoms. The van der Waals surface area contributed by atoms with Gasteiger partial charge >= 0.3 is 0 Å². The van der Waals surface area contributed by atoms with Crippen molar-refractivity contribution in [1.29, 1.82) is 0 Å². The molecular weight excluding hydrogens is 247 g/mol. The van der Waals surface area contributed by atoms with E-state index in [0.717, 1.165) is 18.3 Å². The number of rotatable bonds is 7. The van der Waals surface area contributed by atoms with Crippen molar-refractivity contribution in [2.24, 2.45) is 11.8 Å². The Bertz CT molecular complexity index is 360. The minimum atomic E-state index is -0.124. The van der Waals surface area contributed by atoms with E-state index in [1.165, 1.54) is 63.4 Å². The second kappa shape index (κ2) is 8.44. The fourth-order valence-corrected chi connectivity index (χ4v) is 3.51. The summed E-state index contributed by atoms with van der Waals surface area (Å²) in [4.78, 5) is 0. The minimum absolute atomic E-state index is 0.124. The number of halogens is 1. The van der Waals surface area contributed by atoms with E-state index in [2.05, 4.69) is 6.92 Å². The van der Waals surface area contributed by atoms with Crippen LogP contribution in [0.25, 0.3) is 0 Å². The fourth-order valence-electron chi connectivity index (χ4n) is 3.51. The Hall–Kier alpha value is -0.850. The quantitative estimate of drug-likeness (QED) is 0.524. The number of hydrogen-bond acceptors (Lipinski definition) is 0. The molecule has 1 aliphatic rings. The molecule has 1 heteroatoms. The summed E-state index contributed by atoms with van der Waals surface area (Å²) in [6.45, 7) is 2.28. The Labute approximate surface area is 123 Å². The van der Waals surface area contributed by atoms with E-state index in [-0.39, 0.29) is 5.82 Å². The fraction of sp³-hybridized carbons (Fsp3) is 0.684. The van der Waals surface area contributed by atoms with Crippen molar-refractivity contribution in [2.45, 2.75) is 71.1 Å². The molecule has 20 heavy (non-hydrogen) atoms. The predicted molar refractivity (Wildman–Crippen MR) is 84.3 cm³/mol. The highest BCUT2D eigenvalue weighted by Crippen LogP contribution is 2.34. The van der Waals surface area contributed by atoms with Crippen molar-refractivity contribution in [3.63, 3.8) is 0 Å². The Balaban J connectivity index is 1.63. The van der Waals surface area contributed by atoms with Crippen molar-refractivity contribution in [2.75, 3.05) is 0 Å². The molecule has 112 valence electrons. The van der Waals surface area contributed by atoms with Gasteiger partial charge in [-0.1, -0.05) is 70.4 Å². The molecular formula is C19H29F. The lowest BCUT2D eigenvalue weighted by Gasteiger charge is -2.28. The second-order valence-electron chi connectivity index (χ2n) is 6.55. The average molecular weight is 276 g/mol. The SMILES string of the molecule is CCCCC[C@H]1CC[C@H](CCc2ccc(F)cc2)CC1. The maximum atomic E-state index is 12.9. The molecule has 1 aromatic carbocycles. The molecule has 0 aromatic heterocycles. The first-order valence-electron chi connectivity index (χ1n) is 8.52. The molecule has 0 heterocycles. The summed E-state index contributed by atoms with van der Waals surface area (Å²) in [5.74, 6) is 1.78. The van der Waals surface area contributed by atoms with Crippen molar-refractivity contribution in [1.82, 2.24) is 0 Å². The van der Waals surface area contributed by atoms with Crippen LogP contribution in [0.4, 0.5) is 4.39 Å². The largest absolute Gasteiger partial charge is 0.207 e. The molecule has 1 fully saturated rings. The van der Waals surface area contributed by atoms with Crippen molar-refractivity contribution in [3.05, 3.63) is 35.6 Å². The van der Waals surface area contributed by atoms with Crippen molar-refractivity contribution in [3.8, 4) is 0 Å². The lowest BCUT2D eigenvalue weighted by molar-refractivity contribution is 0.249. The third kappa shape index (κ3) is 5.26. The standard InChI is InChI=1S/C19H29F/c1-2-3-4-5-16-6-8-17(9-7-16)10-11-18-12-14-19(20)15-13-18/h12-17H,2-11H2,1H3/t16-,17-. The zero-order valence-corrected chi connectivity index (χ0v) is 12.9.